The van der Waals surface area contributed by atoms with Crippen LogP contribution < -0.4 is 0 Å². The minimum atomic E-state index is -0.807. The van der Waals surface area contributed by atoms with Crippen molar-refractivity contribution in [2.24, 2.45) is 11.8 Å². The van der Waals surface area contributed by atoms with E-state index in [2.05, 4.69) is 17.5 Å². The van der Waals surface area contributed by atoms with Crippen molar-refractivity contribution in [3.05, 3.63) is 59.5 Å². The summed E-state index contributed by atoms with van der Waals surface area (Å²) in [6, 6.07) is 8.11. The molecule has 31 heavy (non-hydrogen) atoms. The zero-order chi connectivity index (χ0) is 22.2. The molecule has 0 spiro atoms. The van der Waals surface area contributed by atoms with Crippen LogP contribution in [0.4, 0.5) is 0 Å². The fourth-order valence-electron chi connectivity index (χ4n) is 4.17. The van der Waals surface area contributed by atoms with E-state index >= 15 is 0 Å². The quantitative estimate of drug-likeness (QED) is 0.371. The van der Waals surface area contributed by atoms with Gasteiger partial charge in [-0.2, -0.15) is 0 Å². The van der Waals surface area contributed by atoms with Gasteiger partial charge in [0.2, 0.25) is 0 Å². The fourth-order valence-corrected chi connectivity index (χ4v) is 5.15. The molecule has 4 atom stereocenters. The van der Waals surface area contributed by atoms with Crippen LogP contribution in [-0.2, 0) is 16.0 Å². The third-order valence-corrected chi connectivity index (χ3v) is 6.89. The Bertz CT molecular complexity index is 944. The SMILES string of the molecule is O=C(O)CCC/C=C\C[C@H]1C(=O)CC[C@@H](O)[C@@H]1/C=C/C(O)Cc1csc2ccccc12. The Hall–Kier alpha value is -2.28. The summed E-state index contributed by atoms with van der Waals surface area (Å²) in [6.45, 7) is 0. The van der Waals surface area contributed by atoms with E-state index in [-0.39, 0.29) is 24.0 Å². The van der Waals surface area contributed by atoms with Crippen molar-refractivity contribution in [1.82, 2.24) is 0 Å². The average Bonchev–Trinajstić information content (AvgIpc) is 3.14. The van der Waals surface area contributed by atoms with Crippen molar-refractivity contribution >= 4 is 33.2 Å². The molecule has 1 heterocycles. The predicted molar refractivity (Wildman–Crippen MR) is 123 cm³/mol. The van der Waals surface area contributed by atoms with Crippen LogP contribution in [0.2, 0.25) is 0 Å². The van der Waals surface area contributed by atoms with E-state index in [1.54, 1.807) is 17.4 Å². The molecular weight excluding hydrogens is 412 g/mol. The number of allylic oxidation sites excluding steroid dienone is 2. The van der Waals surface area contributed by atoms with Gasteiger partial charge < -0.3 is 15.3 Å². The van der Waals surface area contributed by atoms with Crippen LogP contribution >= 0.6 is 11.3 Å². The number of aliphatic hydroxyl groups is 2. The van der Waals surface area contributed by atoms with Crippen LogP contribution in [0.25, 0.3) is 10.1 Å². The van der Waals surface area contributed by atoms with E-state index in [9.17, 15) is 19.8 Å². The first kappa shape index (κ1) is 23.4. The van der Waals surface area contributed by atoms with Gasteiger partial charge in [0.05, 0.1) is 12.2 Å². The lowest BCUT2D eigenvalue weighted by Gasteiger charge is -2.32. The number of rotatable bonds is 10. The van der Waals surface area contributed by atoms with Gasteiger partial charge in [0.25, 0.3) is 0 Å². The van der Waals surface area contributed by atoms with Gasteiger partial charge in [0.1, 0.15) is 5.78 Å². The van der Waals surface area contributed by atoms with Crippen LogP contribution in [0.15, 0.2) is 53.9 Å². The number of carbonyl (C=O) groups excluding carboxylic acids is 1. The molecule has 1 fully saturated rings. The van der Waals surface area contributed by atoms with E-state index in [0.717, 1.165) is 10.9 Å². The minimum Gasteiger partial charge on any atom is -0.481 e. The maximum absolute atomic E-state index is 12.5. The summed E-state index contributed by atoms with van der Waals surface area (Å²) in [6.07, 6.45) is 9.23. The molecule has 1 unspecified atom stereocenters. The van der Waals surface area contributed by atoms with Crippen LogP contribution in [0.5, 0.6) is 0 Å². The van der Waals surface area contributed by atoms with E-state index in [1.165, 1.54) is 4.70 Å². The Labute approximate surface area is 186 Å². The number of thiophene rings is 1. The maximum atomic E-state index is 12.5. The number of carboxylic acid groups (broad SMARTS) is 1. The summed E-state index contributed by atoms with van der Waals surface area (Å²) >= 11 is 1.66. The summed E-state index contributed by atoms with van der Waals surface area (Å²) in [4.78, 5) is 23.1. The summed E-state index contributed by atoms with van der Waals surface area (Å²) < 4.78 is 1.19. The Morgan fingerprint density at radius 2 is 2.06 bits per heavy atom. The van der Waals surface area contributed by atoms with Gasteiger partial charge in [0.15, 0.2) is 0 Å². The van der Waals surface area contributed by atoms with E-state index in [1.807, 2.05) is 30.4 Å². The van der Waals surface area contributed by atoms with Gasteiger partial charge in [-0.3, -0.25) is 9.59 Å². The van der Waals surface area contributed by atoms with Crippen molar-refractivity contribution in [1.29, 1.82) is 0 Å². The number of ketones is 1. The Kier molecular flexibility index (Phi) is 8.58. The minimum absolute atomic E-state index is 0.133. The molecule has 0 amide bonds. The molecule has 0 aliphatic heterocycles. The number of hydrogen-bond acceptors (Lipinski definition) is 5. The Morgan fingerprint density at radius 1 is 1.26 bits per heavy atom. The molecule has 166 valence electrons. The van der Waals surface area contributed by atoms with Crippen LogP contribution in [0, 0.1) is 11.8 Å². The van der Waals surface area contributed by atoms with E-state index in [4.69, 9.17) is 5.11 Å². The molecule has 1 aromatic heterocycles. The number of aliphatic carboxylic acids is 1. The molecule has 3 rings (SSSR count). The molecule has 1 aliphatic carbocycles. The lowest BCUT2D eigenvalue weighted by molar-refractivity contribution is -0.137. The molecule has 0 bridgehead atoms. The second kappa shape index (κ2) is 11.4. The van der Waals surface area contributed by atoms with Gasteiger partial charge in [-0.1, -0.05) is 42.5 Å². The molecule has 3 N–H and O–H groups in total. The topological polar surface area (TPSA) is 94.8 Å². The molecular formula is C25H30O5S. The first-order chi connectivity index (χ1) is 15.0. The molecule has 6 heteroatoms. The highest BCUT2D eigenvalue weighted by molar-refractivity contribution is 7.17. The molecule has 1 aromatic carbocycles. The standard InChI is InChI=1S/C25H30O5S/c26-18(15-17-16-31-24-9-6-5-7-19(17)24)11-12-21-20(22(27)13-14-23(21)28)8-3-1-2-4-10-25(29)30/h1,3,5-7,9,11-12,16,18,20-21,23,26,28H,2,4,8,10,13-15H2,(H,29,30)/b3-1-,12-11+/t18?,20-,21-,23-/m1/s1. The highest BCUT2D eigenvalue weighted by atomic mass is 32.1. The highest BCUT2D eigenvalue weighted by Gasteiger charge is 2.35. The van der Waals surface area contributed by atoms with Gasteiger partial charge in [-0.15, -0.1) is 11.3 Å². The monoisotopic (exact) mass is 442 g/mol. The lowest BCUT2D eigenvalue weighted by atomic mass is 9.74. The summed E-state index contributed by atoms with van der Waals surface area (Å²) in [5.74, 6) is -1.31. The summed E-state index contributed by atoms with van der Waals surface area (Å²) in [7, 11) is 0. The maximum Gasteiger partial charge on any atom is 0.303 e. The fraction of sp³-hybridized carbons (Fsp3) is 0.440. The third kappa shape index (κ3) is 6.60. The molecule has 1 aliphatic rings. The molecule has 5 nitrogen and oxygen atoms in total. The van der Waals surface area contributed by atoms with Gasteiger partial charge in [-0.25, -0.2) is 0 Å². The van der Waals surface area contributed by atoms with Crippen molar-refractivity contribution in [2.75, 3.05) is 0 Å². The molecule has 2 aromatic rings. The summed E-state index contributed by atoms with van der Waals surface area (Å²) in [5, 5.41) is 33.0. The number of hydrogen-bond donors (Lipinski definition) is 3. The lowest BCUT2D eigenvalue weighted by Crippen LogP contribution is -2.37. The average molecular weight is 443 g/mol. The zero-order valence-corrected chi connectivity index (χ0v) is 18.3. The Morgan fingerprint density at radius 3 is 2.87 bits per heavy atom. The number of carboxylic acids is 1. The van der Waals surface area contributed by atoms with Gasteiger partial charge in [-0.05, 0) is 48.1 Å². The second-order valence-electron chi connectivity index (χ2n) is 8.16. The van der Waals surface area contributed by atoms with Crippen LogP contribution in [0.1, 0.15) is 44.1 Å². The first-order valence-electron chi connectivity index (χ1n) is 10.8. The number of unbranched alkanes of at least 4 members (excludes halogenated alkanes) is 1. The number of Topliss-reactive ketones (excluding diaryl/α,β-unsaturated/α-hetero) is 1. The number of benzene rings is 1. The highest BCUT2D eigenvalue weighted by Crippen LogP contribution is 2.32. The van der Waals surface area contributed by atoms with Crippen molar-refractivity contribution in [3.63, 3.8) is 0 Å². The smallest absolute Gasteiger partial charge is 0.303 e. The van der Waals surface area contributed by atoms with Crippen molar-refractivity contribution in [3.8, 4) is 0 Å². The third-order valence-electron chi connectivity index (χ3n) is 5.87. The van der Waals surface area contributed by atoms with Crippen LogP contribution in [-0.4, -0.2) is 39.3 Å². The predicted octanol–water partition coefficient (Wildman–Crippen LogP) is 4.52. The molecule has 0 radical (unpaired) electrons. The zero-order valence-electron chi connectivity index (χ0n) is 17.5. The molecule has 0 saturated heterocycles. The largest absolute Gasteiger partial charge is 0.481 e. The first-order valence-corrected chi connectivity index (χ1v) is 11.7. The van der Waals surface area contributed by atoms with E-state index < -0.39 is 18.2 Å². The second-order valence-corrected chi connectivity index (χ2v) is 9.07. The van der Waals surface area contributed by atoms with E-state index in [0.29, 0.717) is 38.5 Å². The number of fused-ring (bicyclic) bond motifs is 1. The Balaban J connectivity index is 1.60. The normalized spacial score (nSPS) is 23.2. The molecule has 1 saturated carbocycles. The summed E-state index contributed by atoms with van der Waals surface area (Å²) in [5.41, 5.74) is 1.10. The van der Waals surface area contributed by atoms with Gasteiger partial charge in [0, 0.05) is 35.8 Å². The van der Waals surface area contributed by atoms with Crippen molar-refractivity contribution < 1.29 is 24.9 Å². The van der Waals surface area contributed by atoms with Crippen LogP contribution in [0.3, 0.4) is 0 Å². The number of aliphatic hydroxyl groups excluding tert-OH is 2. The van der Waals surface area contributed by atoms with Gasteiger partial charge >= 0.3 is 5.97 Å². The van der Waals surface area contributed by atoms with Crippen molar-refractivity contribution in [2.45, 2.75) is 57.2 Å². The number of carbonyl (C=O) groups is 2.